The fourth-order valence-electron chi connectivity index (χ4n) is 4.30. The second-order valence-corrected chi connectivity index (χ2v) is 8.72. The van der Waals surface area contributed by atoms with Gasteiger partial charge in [0.15, 0.2) is 5.82 Å². The Morgan fingerprint density at radius 2 is 1.94 bits per heavy atom. The second kappa shape index (κ2) is 8.08. The summed E-state index contributed by atoms with van der Waals surface area (Å²) in [5, 5.41) is 7.73. The van der Waals surface area contributed by atoms with E-state index < -0.39 is 0 Å². The number of aryl methyl sites for hydroxylation is 2. The van der Waals surface area contributed by atoms with Crippen molar-refractivity contribution in [2.75, 3.05) is 36.4 Å². The van der Waals surface area contributed by atoms with Gasteiger partial charge >= 0.3 is 6.01 Å². The molecule has 0 spiro atoms. The zero-order chi connectivity index (χ0) is 22.4. The van der Waals surface area contributed by atoms with E-state index in [1.54, 1.807) is 6.20 Å². The number of aromatic nitrogens is 5. The van der Waals surface area contributed by atoms with E-state index in [0.717, 1.165) is 59.9 Å². The smallest absolute Gasteiger partial charge is 0.300 e. The van der Waals surface area contributed by atoms with E-state index >= 15 is 0 Å². The third kappa shape index (κ3) is 3.89. The first-order chi connectivity index (χ1) is 16.2. The van der Waals surface area contributed by atoms with Crippen LogP contribution in [0.5, 0.6) is 0 Å². The first-order valence-electron chi connectivity index (χ1n) is 11.4. The Kier molecular flexibility index (Phi) is 4.91. The highest BCUT2D eigenvalue weighted by Gasteiger charge is 2.29. The molecule has 0 atom stereocenters. The SMILES string of the molecule is Cc1nc(Nc2cc(-c3nc(N4CCNCC4)c4c(C5CC5)cncc4n3)ccn2)oc1C. The van der Waals surface area contributed by atoms with Crippen LogP contribution in [0.3, 0.4) is 0 Å². The summed E-state index contributed by atoms with van der Waals surface area (Å²) in [6, 6.07) is 4.28. The Morgan fingerprint density at radius 1 is 1.09 bits per heavy atom. The molecule has 1 saturated carbocycles. The molecule has 5 heterocycles. The van der Waals surface area contributed by atoms with Crippen LogP contribution in [0.1, 0.15) is 35.8 Å². The number of oxazole rings is 1. The zero-order valence-corrected chi connectivity index (χ0v) is 18.8. The Balaban J connectivity index is 1.43. The van der Waals surface area contributed by atoms with Crippen molar-refractivity contribution in [1.82, 2.24) is 30.2 Å². The van der Waals surface area contributed by atoms with Gasteiger partial charge < -0.3 is 14.6 Å². The topological polar surface area (TPSA) is 105 Å². The summed E-state index contributed by atoms with van der Waals surface area (Å²) in [4.78, 5) is 25.7. The number of fused-ring (bicyclic) bond motifs is 1. The number of hydrogen-bond donors (Lipinski definition) is 2. The van der Waals surface area contributed by atoms with Crippen molar-refractivity contribution in [2.24, 2.45) is 0 Å². The summed E-state index contributed by atoms with van der Waals surface area (Å²) in [7, 11) is 0. The summed E-state index contributed by atoms with van der Waals surface area (Å²) in [6.45, 7) is 7.54. The van der Waals surface area contributed by atoms with Gasteiger partial charge in [0.25, 0.3) is 0 Å². The van der Waals surface area contributed by atoms with Crippen molar-refractivity contribution >= 4 is 28.6 Å². The van der Waals surface area contributed by atoms with Crippen molar-refractivity contribution < 1.29 is 4.42 Å². The summed E-state index contributed by atoms with van der Waals surface area (Å²) >= 11 is 0. The molecule has 9 heteroatoms. The molecule has 6 rings (SSSR count). The number of hydrogen-bond acceptors (Lipinski definition) is 9. The third-order valence-corrected chi connectivity index (χ3v) is 6.33. The van der Waals surface area contributed by atoms with E-state index in [9.17, 15) is 0 Å². The van der Waals surface area contributed by atoms with E-state index in [1.165, 1.54) is 18.4 Å². The maximum atomic E-state index is 5.65. The lowest BCUT2D eigenvalue weighted by molar-refractivity contribution is 0.543. The van der Waals surface area contributed by atoms with Crippen LogP contribution in [0.2, 0.25) is 0 Å². The highest BCUT2D eigenvalue weighted by Crippen LogP contribution is 2.44. The van der Waals surface area contributed by atoms with Crippen molar-refractivity contribution in [3.05, 3.63) is 47.7 Å². The molecular weight excluding hydrogens is 416 g/mol. The molecule has 33 heavy (non-hydrogen) atoms. The summed E-state index contributed by atoms with van der Waals surface area (Å²) in [5.41, 5.74) is 3.90. The highest BCUT2D eigenvalue weighted by atomic mass is 16.4. The first kappa shape index (κ1) is 20.0. The Morgan fingerprint density at radius 3 is 2.70 bits per heavy atom. The quantitative estimate of drug-likeness (QED) is 0.478. The minimum Gasteiger partial charge on any atom is -0.429 e. The lowest BCUT2D eigenvalue weighted by Gasteiger charge is -2.30. The second-order valence-electron chi connectivity index (χ2n) is 8.72. The van der Waals surface area contributed by atoms with Crippen LogP contribution < -0.4 is 15.5 Å². The van der Waals surface area contributed by atoms with Crippen LogP contribution in [-0.2, 0) is 0 Å². The van der Waals surface area contributed by atoms with E-state index in [4.69, 9.17) is 14.4 Å². The molecule has 2 N–H and O–H groups in total. The zero-order valence-electron chi connectivity index (χ0n) is 18.8. The van der Waals surface area contributed by atoms with Gasteiger partial charge in [0, 0.05) is 49.5 Å². The molecule has 2 fully saturated rings. The number of nitrogens with one attached hydrogen (secondary N) is 2. The van der Waals surface area contributed by atoms with Gasteiger partial charge in [-0.15, -0.1) is 0 Å². The van der Waals surface area contributed by atoms with Gasteiger partial charge in [0.2, 0.25) is 0 Å². The van der Waals surface area contributed by atoms with E-state index in [-0.39, 0.29) is 0 Å². The molecule has 168 valence electrons. The van der Waals surface area contributed by atoms with E-state index in [2.05, 4.69) is 30.5 Å². The fourth-order valence-corrected chi connectivity index (χ4v) is 4.30. The number of piperazine rings is 1. The minimum atomic E-state index is 0.425. The molecular formula is C24H26N8O. The predicted octanol–water partition coefficient (Wildman–Crippen LogP) is 3.72. The molecule has 4 aromatic rings. The summed E-state index contributed by atoms with van der Waals surface area (Å²) in [5.74, 6) is 3.65. The standard InChI is InChI=1S/C24H26N8O/c1-14-15(2)33-24(28-14)30-20-11-17(5-6-27-20)22-29-19-13-26-12-18(16-3-4-16)21(19)23(31-22)32-9-7-25-8-10-32/h5-6,11-13,16,25H,3-4,7-10H2,1-2H3,(H,27,28,30). The minimum absolute atomic E-state index is 0.425. The van der Waals surface area contributed by atoms with Crippen LogP contribution in [0.25, 0.3) is 22.3 Å². The lowest BCUT2D eigenvalue weighted by Crippen LogP contribution is -2.44. The molecule has 0 bridgehead atoms. The number of anilines is 3. The molecule has 0 radical (unpaired) electrons. The predicted molar refractivity (Wildman–Crippen MR) is 127 cm³/mol. The Bertz CT molecular complexity index is 1300. The Hall–Kier alpha value is -3.59. The normalized spacial score (nSPS) is 16.4. The van der Waals surface area contributed by atoms with Gasteiger partial charge in [0.1, 0.15) is 17.4 Å². The monoisotopic (exact) mass is 442 g/mol. The molecule has 0 amide bonds. The number of pyridine rings is 2. The first-order valence-corrected chi connectivity index (χ1v) is 11.4. The lowest BCUT2D eigenvalue weighted by atomic mass is 10.1. The van der Waals surface area contributed by atoms with E-state index in [0.29, 0.717) is 23.6 Å². The van der Waals surface area contributed by atoms with Crippen LogP contribution >= 0.6 is 0 Å². The maximum absolute atomic E-state index is 5.65. The molecule has 0 aromatic carbocycles. The van der Waals surface area contributed by atoms with Crippen LogP contribution in [0.4, 0.5) is 17.7 Å². The molecule has 1 aliphatic heterocycles. The van der Waals surface area contributed by atoms with E-state index in [1.807, 2.05) is 38.4 Å². The van der Waals surface area contributed by atoms with Crippen molar-refractivity contribution in [3.63, 3.8) is 0 Å². The van der Waals surface area contributed by atoms with Crippen molar-refractivity contribution in [1.29, 1.82) is 0 Å². The number of nitrogens with zero attached hydrogens (tertiary/aromatic N) is 6. The highest BCUT2D eigenvalue weighted by molar-refractivity contribution is 5.94. The molecule has 1 aliphatic carbocycles. The maximum Gasteiger partial charge on any atom is 0.300 e. The average Bonchev–Trinajstić information content (AvgIpc) is 3.64. The molecule has 0 unspecified atom stereocenters. The van der Waals surface area contributed by atoms with Gasteiger partial charge in [-0.05, 0) is 50.3 Å². The van der Waals surface area contributed by atoms with Gasteiger partial charge in [-0.2, -0.15) is 4.98 Å². The van der Waals surface area contributed by atoms with Gasteiger partial charge in [0.05, 0.1) is 17.4 Å². The third-order valence-electron chi connectivity index (χ3n) is 6.33. The summed E-state index contributed by atoms with van der Waals surface area (Å²) in [6.07, 6.45) is 8.03. The van der Waals surface area contributed by atoms with Crippen molar-refractivity contribution in [2.45, 2.75) is 32.6 Å². The average molecular weight is 443 g/mol. The fraction of sp³-hybridized carbons (Fsp3) is 0.375. The largest absolute Gasteiger partial charge is 0.429 e. The van der Waals surface area contributed by atoms with Gasteiger partial charge in [-0.3, -0.25) is 10.3 Å². The van der Waals surface area contributed by atoms with Crippen LogP contribution in [0, 0.1) is 13.8 Å². The van der Waals surface area contributed by atoms with Gasteiger partial charge in [-0.1, -0.05) is 0 Å². The van der Waals surface area contributed by atoms with Gasteiger partial charge in [-0.25, -0.2) is 15.0 Å². The number of rotatable bonds is 5. The summed E-state index contributed by atoms with van der Waals surface area (Å²) < 4.78 is 5.65. The molecule has 9 nitrogen and oxygen atoms in total. The van der Waals surface area contributed by atoms with Crippen LogP contribution in [0.15, 0.2) is 35.1 Å². The Labute approximate surface area is 191 Å². The van der Waals surface area contributed by atoms with Crippen LogP contribution in [-0.4, -0.2) is 51.1 Å². The molecule has 1 saturated heterocycles. The van der Waals surface area contributed by atoms with Crippen molar-refractivity contribution in [3.8, 4) is 11.4 Å². The molecule has 4 aromatic heterocycles. The molecule has 2 aliphatic rings.